The Morgan fingerprint density at radius 1 is 1.04 bits per heavy atom. The average molecular weight is 357 g/mol. The lowest BCUT2D eigenvalue weighted by Gasteiger charge is -2.26. The minimum Gasteiger partial charge on any atom is -0.507 e. The fourth-order valence-corrected chi connectivity index (χ4v) is 2.99. The maximum atomic E-state index is 12.1. The number of morpholine rings is 1. The highest BCUT2D eigenvalue weighted by Gasteiger charge is 2.15. The lowest BCUT2D eigenvalue weighted by atomic mass is 10.1. The molecule has 0 aromatic heterocycles. The Bertz CT molecular complexity index is 787. The van der Waals surface area contributed by atoms with Crippen LogP contribution in [0.15, 0.2) is 36.4 Å². The molecule has 7 nitrogen and oxygen atoms in total. The number of hydrogen-bond donors (Lipinski definition) is 3. The van der Waals surface area contributed by atoms with E-state index in [1.54, 1.807) is 36.4 Å². The lowest BCUT2D eigenvalue weighted by molar-refractivity contribution is -0.136. The van der Waals surface area contributed by atoms with Crippen molar-refractivity contribution < 1.29 is 19.4 Å². The number of nitrogens with one attached hydrogen (secondary N) is 2. The second kappa shape index (κ2) is 8.64. The first-order chi connectivity index (χ1) is 12.6. The molecule has 1 aliphatic rings. The Morgan fingerprint density at radius 2 is 1.77 bits per heavy atom. The number of anilines is 1. The minimum absolute atomic E-state index is 0.131. The molecule has 1 heterocycles. The van der Waals surface area contributed by atoms with Crippen LogP contribution in [0.25, 0.3) is 10.8 Å². The molecule has 1 aliphatic heterocycles. The fraction of sp³-hybridized carbons (Fsp3) is 0.368. The summed E-state index contributed by atoms with van der Waals surface area (Å²) in [5.74, 6) is -1.25. The van der Waals surface area contributed by atoms with Gasteiger partial charge in [-0.1, -0.05) is 24.3 Å². The van der Waals surface area contributed by atoms with E-state index in [1.807, 2.05) is 0 Å². The summed E-state index contributed by atoms with van der Waals surface area (Å²) in [5.41, 5.74) is 0.492. The smallest absolute Gasteiger partial charge is 0.313 e. The summed E-state index contributed by atoms with van der Waals surface area (Å²) in [4.78, 5) is 26.4. The third-order valence-corrected chi connectivity index (χ3v) is 4.39. The highest BCUT2D eigenvalue weighted by atomic mass is 16.5. The molecule has 0 aliphatic carbocycles. The van der Waals surface area contributed by atoms with Gasteiger partial charge in [0.2, 0.25) is 0 Å². The highest BCUT2D eigenvalue weighted by molar-refractivity contribution is 6.40. The van der Waals surface area contributed by atoms with E-state index in [1.165, 1.54) is 0 Å². The van der Waals surface area contributed by atoms with Gasteiger partial charge in [0.05, 0.1) is 13.2 Å². The van der Waals surface area contributed by atoms with Crippen molar-refractivity contribution in [1.82, 2.24) is 10.2 Å². The summed E-state index contributed by atoms with van der Waals surface area (Å²) < 4.78 is 5.29. The molecule has 7 heteroatoms. The van der Waals surface area contributed by atoms with E-state index in [0.717, 1.165) is 39.3 Å². The summed E-state index contributed by atoms with van der Waals surface area (Å²) >= 11 is 0. The van der Waals surface area contributed by atoms with Crippen LogP contribution in [0.4, 0.5) is 5.69 Å². The third-order valence-electron chi connectivity index (χ3n) is 4.39. The van der Waals surface area contributed by atoms with Crippen LogP contribution < -0.4 is 10.6 Å². The number of carbonyl (C=O) groups excluding carboxylic acids is 2. The summed E-state index contributed by atoms with van der Waals surface area (Å²) in [6, 6.07) is 10.2. The zero-order valence-corrected chi connectivity index (χ0v) is 14.5. The Balaban J connectivity index is 1.50. The van der Waals surface area contributed by atoms with E-state index in [-0.39, 0.29) is 5.75 Å². The lowest BCUT2D eigenvalue weighted by Crippen LogP contribution is -2.39. The van der Waals surface area contributed by atoms with Crippen molar-refractivity contribution in [3.8, 4) is 5.75 Å². The van der Waals surface area contributed by atoms with Gasteiger partial charge >= 0.3 is 11.8 Å². The quantitative estimate of drug-likeness (QED) is 0.555. The topological polar surface area (TPSA) is 90.9 Å². The molecule has 1 saturated heterocycles. The molecular weight excluding hydrogens is 334 g/mol. The van der Waals surface area contributed by atoms with Crippen LogP contribution in [-0.2, 0) is 14.3 Å². The molecule has 0 atom stereocenters. The normalized spacial score (nSPS) is 14.9. The van der Waals surface area contributed by atoms with Crippen LogP contribution in [0.2, 0.25) is 0 Å². The Labute approximate surface area is 151 Å². The number of nitrogens with zero attached hydrogens (tertiary/aromatic N) is 1. The maximum absolute atomic E-state index is 12.1. The molecule has 26 heavy (non-hydrogen) atoms. The number of rotatable bonds is 5. The molecule has 138 valence electrons. The van der Waals surface area contributed by atoms with E-state index >= 15 is 0 Å². The fourth-order valence-electron chi connectivity index (χ4n) is 2.99. The predicted molar refractivity (Wildman–Crippen MR) is 99.1 cm³/mol. The second-order valence-electron chi connectivity index (χ2n) is 6.20. The van der Waals surface area contributed by atoms with Crippen molar-refractivity contribution in [3.63, 3.8) is 0 Å². The number of fused-ring (bicyclic) bond motifs is 1. The molecule has 0 bridgehead atoms. The van der Waals surface area contributed by atoms with Crippen LogP contribution in [0.1, 0.15) is 6.42 Å². The van der Waals surface area contributed by atoms with Crippen molar-refractivity contribution >= 4 is 28.3 Å². The predicted octanol–water partition coefficient (Wildman–Crippen LogP) is 1.32. The summed E-state index contributed by atoms with van der Waals surface area (Å²) in [6.45, 7) is 4.61. The highest BCUT2D eigenvalue weighted by Crippen LogP contribution is 2.29. The largest absolute Gasteiger partial charge is 0.507 e. The Hall–Kier alpha value is -2.64. The molecule has 2 aromatic rings. The van der Waals surface area contributed by atoms with Gasteiger partial charge < -0.3 is 20.5 Å². The molecule has 0 unspecified atom stereocenters. The SMILES string of the molecule is O=C(NCCCN1CCOCC1)C(=O)Nc1cccc2c(O)cccc12. The molecule has 3 N–H and O–H groups in total. The molecule has 2 amide bonds. The molecule has 2 aromatic carbocycles. The van der Waals surface area contributed by atoms with Crippen LogP contribution >= 0.6 is 0 Å². The summed E-state index contributed by atoms with van der Waals surface area (Å²) in [6.07, 6.45) is 0.779. The second-order valence-corrected chi connectivity index (χ2v) is 6.20. The van der Waals surface area contributed by atoms with E-state index in [2.05, 4.69) is 15.5 Å². The third kappa shape index (κ3) is 4.50. The Kier molecular flexibility index (Phi) is 6.04. The molecule has 3 rings (SSSR count). The number of phenols is 1. The first-order valence-electron chi connectivity index (χ1n) is 8.75. The van der Waals surface area contributed by atoms with Gasteiger partial charge in [0.25, 0.3) is 0 Å². The van der Waals surface area contributed by atoms with Crippen LogP contribution in [0.3, 0.4) is 0 Å². The average Bonchev–Trinajstić information content (AvgIpc) is 2.66. The number of benzene rings is 2. The first-order valence-corrected chi connectivity index (χ1v) is 8.75. The monoisotopic (exact) mass is 357 g/mol. The van der Waals surface area contributed by atoms with Gasteiger partial charge in [-0.15, -0.1) is 0 Å². The Morgan fingerprint density at radius 3 is 2.58 bits per heavy atom. The number of aromatic hydroxyl groups is 1. The first kappa shape index (κ1) is 18.2. The molecule has 0 saturated carbocycles. The maximum Gasteiger partial charge on any atom is 0.313 e. The van der Waals surface area contributed by atoms with Gasteiger partial charge in [-0.05, 0) is 25.1 Å². The van der Waals surface area contributed by atoms with E-state index < -0.39 is 11.8 Å². The zero-order valence-electron chi connectivity index (χ0n) is 14.5. The van der Waals surface area contributed by atoms with Crippen molar-refractivity contribution in [2.45, 2.75) is 6.42 Å². The van der Waals surface area contributed by atoms with Gasteiger partial charge in [0.1, 0.15) is 5.75 Å². The number of amides is 2. The van der Waals surface area contributed by atoms with E-state index in [4.69, 9.17) is 4.74 Å². The zero-order chi connectivity index (χ0) is 18.4. The van der Waals surface area contributed by atoms with Crippen molar-refractivity contribution in [2.75, 3.05) is 44.7 Å². The van der Waals surface area contributed by atoms with Crippen LogP contribution in [0.5, 0.6) is 5.75 Å². The standard InChI is InChI=1S/C19H23N3O4/c23-17-7-2-4-14-15(17)5-1-6-16(14)21-19(25)18(24)20-8-3-9-22-10-12-26-13-11-22/h1-2,4-7,23H,3,8-13H2,(H,20,24)(H,21,25). The van der Waals surface area contributed by atoms with Crippen LogP contribution in [-0.4, -0.2) is 61.2 Å². The summed E-state index contributed by atoms with van der Waals surface area (Å²) in [5, 5.41) is 16.4. The molecular formula is C19H23N3O4. The molecule has 1 fully saturated rings. The van der Waals surface area contributed by atoms with E-state index in [0.29, 0.717) is 23.0 Å². The minimum atomic E-state index is -0.716. The number of carbonyl (C=O) groups is 2. The van der Waals surface area contributed by atoms with Gasteiger partial charge in [0, 0.05) is 36.1 Å². The van der Waals surface area contributed by atoms with Gasteiger partial charge in [0.15, 0.2) is 0 Å². The van der Waals surface area contributed by atoms with Gasteiger partial charge in [-0.25, -0.2) is 0 Å². The number of ether oxygens (including phenoxy) is 1. The van der Waals surface area contributed by atoms with Crippen LogP contribution in [0, 0.1) is 0 Å². The van der Waals surface area contributed by atoms with Crippen molar-refractivity contribution in [2.24, 2.45) is 0 Å². The van der Waals surface area contributed by atoms with Gasteiger partial charge in [-0.2, -0.15) is 0 Å². The van der Waals surface area contributed by atoms with Crippen molar-refractivity contribution in [1.29, 1.82) is 0 Å². The molecule has 0 spiro atoms. The number of hydrogen-bond acceptors (Lipinski definition) is 5. The number of phenolic OH excluding ortho intramolecular Hbond substituents is 1. The van der Waals surface area contributed by atoms with Gasteiger partial charge in [-0.3, -0.25) is 14.5 Å². The summed E-state index contributed by atoms with van der Waals surface area (Å²) in [7, 11) is 0. The molecule has 0 radical (unpaired) electrons. The van der Waals surface area contributed by atoms with Crippen molar-refractivity contribution in [3.05, 3.63) is 36.4 Å². The van der Waals surface area contributed by atoms with E-state index in [9.17, 15) is 14.7 Å².